The third-order valence-electron chi connectivity index (χ3n) is 2.64. The molecular weight excluding hydrogens is 235 g/mol. The van der Waals surface area contributed by atoms with Crippen molar-refractivity contribution in [3.8, 4) is 0 Å². The molecule has 1 heterocycles. The molecule has 0 saturated heterocycles. The number of hydrogen-bond donors (Lipinski definition) is 3. The minimum absolute atomic E-state index is 0.204. The zero-order chi connectivity index (χ0) is 13.1. The molecule has 0 atom stereocenters. The van der Waals surface area contributed by atoms with Gasteiger partial charge in [-0.05, 0) is 19.1 Å². The number of benzene rings is 1. The summed E-state index contributed by atoms with van der Waals surface area (Å²) in [5.41, 5.74) is 7.20. The number of carbonyl (C=O) groups excluding carboxylic acids is 1. The summed E-state index contributed by atoms with van der Waals surface area (Å²) in [6.45, 7) is 1.87. The zero-order valence-electron chi connectivity index (χ0n) is 9.83. The van der Waals surface area contributed by atoms with Gasteiger partial charge in [0.15, 0.2) is 0 Å². The molecule has 1 aromatic carbocycles. The number of anilines is 1. The summed E-state index contributed by atoms with van der Waals surface area (Å²) in [7, 11) is 0. The van der Waals surface area contributed by atoms with E-state index in [1.54, 1.807) is 13.1 Å². The smallest absolute Gasteiger partial charge is 0.251 e. The summed E-state index contributed by atoms with van der Waals surface area (Å²) in [4.78, 5) is 18.5. The molecule has 2 aromatic rings. The van der Waals surface area contributed by atoms with E-state index in [0.717, 1.165) is 5.69 Å². The van der Waals surface area contributed by atoms with Gasteiger partial charge in [-0.25, -0.2) is 9.37 Å². The Bertz CT molecular complexity index is 542. The quantitative estimate of drug-likeness (QED) is 0.717. The van der Waals surface area contributed by atoms with Gasteiger partial charge in [0.25, 0.3) is 5.91 Å². The van der Waals surface area contributed by atoms with Gasteiger partial charge < -0.3 is 16.0 Å². The lowest BCUT2D eigenvalue weighted by molar-refractivity contribution is 0.0950. The highest BCUT2D eigenvalue weighted by molar-refractivity contribution is 5.95. The summed E-state index contributed by atoms with van der Waals surface area (Å²) >= 11 is 0. The van der Waals surface area contributed by atoms with Crippen molar-refractivity contribution in [2.45, 2.75) is 13.5 Å². The molecule has 0 aliphatic rings. The maximum atomic E-state index is 13.4. The third-order valence-corrected chi connectivity index (χ3v) is 2.64. The Morgan fingerprint density at radius 2 is 2.33 bits per heavy atom. The normalized spacial score (nSPS) is 10.3. The largest absolute Gasteiger partial charge is 0.398 e. The van der Waals surface area contributed by atoms with E-state index >= 15 is 0 Å². The van der Waals surface area contributed by atoms with E-state index < -0.39 is 5.82 Å². The van der Waals surface area contributed by atoms with Crippen LogP contribution < -0.4 is 11.1 Å². The van der Waals surface area contributed by atoms with E-state index in [1.807, 2.05) is 0 Å². The fourth-order valence-electron chi connectivity index (χ4n) is 1.49. The van der Waals surface area contributed by atoms with Crippen LogP contribution in [0.4, 0.5) is 10.1 Å². The Kier molecular flexibility index (Phi) is 3.27. The average molecular weight is 248 g/mol. The Labute approximate surface area is 103 Å². The van der Waals surface area contributed by atoms with Crippen molar-refractivity contribution in [2.75, 3.05) is 5.73 Å². The second-order valence-electron chi connectivity index (χ2n) is 3.93. The first-order chi connectivity index (χ1) is 8.58. The first-order valence-corrected chi connectivity index (χ1v) is 5.39. The Balaban J connectivity index is 2.09. The molecule has 6 heteroatoms. The number of aromatic amines is 1. The van der Waals surface area contributed by atoms with Crippen molar-refractivity contribution < 1.29 is 9.18 Å². The number of nitrogens with two attached hydrogens (primary N) is 1. The maximum absolute atomic E-state index is 13.4. The number of nitrogens with one attached hydrogen (secondary N) is 2. The number of carbonyl (C=O) groups is 1. The van der Waals surface area contributed by atoms with Crippen molar-refractivity contribution >= 4 is 11.6 Å². The average Bonchev–Trinajstić information content (AvgIpc) is 2.85. The zero-order valence-corrected chi connectivity index (χ0v) is 9.83. The van der Waals surface area contributed by atoms with E-state index in [-0.39, 0.29) is 17.2 Å². The highest BCUT2D eigenvalue weighted by Gasteiger charge is 2.11. The number of hydrogen-bond acceptors (Lipinski definition) is 3. The van der Waals surface area contributed by atoms with Gasteiger partial charge >= 0.3 is 0 Å². The number of rotatable bonds is 3. The second-order valence-corrected chi connectivity index (χ2v) is 3.93. The predicted molar refractivity (Wildman–Crippen MR) is 65.3 cm³/mol. The SMILES string of the molecule is Cc1c(N)cc(C(=O)NCc2cnc[nH]2)cc1F. The van der Waals surface area contributed by atoms with E-state index in [4.69, 9.17) is 5.73 Å². The molecule has 1 aromatic heterocycles. The number of amides is 1. The number of aromatic nitrogens is 2. The molecule has 0 bridgehead atoms. The van der Waals surface area contributed by atoms with Crippen molar-refractivity contribution in [2.24, 2.45) is 0 Å². The Morgan fingerprint density at radius 3 is 2.94 bits per heavy atom. The van der Waals surface area contributed by atoms with Crippen LogP contribution in [-0.4, -0.2) is 15.9 Å². The molecule has 0 fully saturated rings. The Hall–Kier alpha value is -2.37. The number of nitrogens with zero attached hydrogens (tertiary/aromatic N) is 1. The van der Waals surface area contributed by atoms with Crippen LogP contribution in [0.1, 0.15) is 21.6 Å². The van der Waals surface area contributed by atoms with Crippen LogP contribution in [0.5, 0.6) is 0 Å². The van der Waals surface area contributed by atoms with E-state index in [0.29, 0.717) is 12.1 Å². The number of H-pyrrole nitrogens is 1. The molecule has 18 heavy (non-hydrogen) atoms. The molecule has 2 rings (SSSR count). The van der Waals surface area contributed by atoms with Gasteiger partial charge in [-0.3, -0.25) is 4.79 Å². The summed E-state index contributed by atoms with van der Waals surface area (Å²) < 4.78 is 13.4. The van der Waals surface area contributed by atoms with Crippen LogP contribution in [0.15, 0.2) is 24.7 Å². The van der Waals surface area contributed by atoms with Crippen molar-refractivity contribution in [1.29, 1.82) is 0 Å². The van der Waals surface area contributed by atoms with Gasteiger partial charge in [0.2, 0.25) is 0 Å². The molecule has 4 N–H and O–H groups in total. The maximum Gasteiger partial charge on any atom is 0.251 e. The lowest BCUT2D eigenvalue weighted by Crippen LogP contribution is -2.23. The van der Waals surface area contributed by atoms with Gasteiger partial charge in [-0.1, -0.05) is 0 Å². The van der Waals surface area contributed by atoms with Gasteiger partial charge in [0.1, 0.15) is 5.82 Å². The van der Waals surface area contributed by atoms with Crippen molar-refractivity contribution in [3.05, 3.63) is 47.3 Å². The fraction of sp³-hybridized carbons (Fsp3) is 0.167. The minimum atomic E-state index is -0.485. The van der Waals surface area contributed by atoms with Crippen LogP contribution >= 0.6 is 0 Å². The fourth-order valence-corrected chi connectivity index (χ4v) is 1.49. The first kappa shape index (κ1) is 12.1. The predicted octanol–water partition coefficient (Wildman–Crippen LogP) is 1.37. The van der Waals surface area contributed by atoms with Gasteiger partial charge in [0, 0.05) is 23.0 Å². The number of imidazole rings is 1. The lowest BCUT2D eigenvalue weighted by Gasteiger charge is -2.07. The summed E-state index contributed by atoms with van der Waals surface area (Å²) in [6, 6.07) is 2.63. The minimum Gasteiger partial charge on any atom is -0.398 e. The number of nitrogen functional groups attached to an aromatic ring is 1. The molecule has 5 nitrogen and oxygen atoms in total. The molecule has 0 radical (unpaired) electrons. The lowest BCUT2D eigenvalue weighted by atomic mass is 10.1. The van der Waals surface area contributed by atoms with Crippen LogP contribution in [0.25, 0.3) is 0 Å². The number of halogens is 1. The van der Waals surface area contributed by atoms with E-state index in [2.05, 4.69) is 15.3 Å². The Morgan fingerprint density at radius 1 is 1.56 bits per heavy atom. The second kappa shape index (κ2) is 4.87. The highest BCUT2D eigenvalue weighted by atomic mass is 19.1. The van der Waals surface area contributed by atoms with Gasteiger partial charge in [-0.2, -0.15) is 0 Å². The van der Waals surface area contributed by atoms with E-state index in [1.165, 1.54) is 18.5 Å². The highest BCUT2D eigenvalue weighted by Crippen LogP contribution is 2.17. The standard InChI is InChI=1S/C12H13FN4O/c1-7-10(13)2-8(3-11(7)14)12(18)16-5-9-4-15-6-17-9/h2-4,6H,5,14H2,1H3,(H,15,17)(H,16,18). The molecule has 0 saturated carbocycles. The summed E-state index contributed by atoms with van der Waals surface area (Å²) in [5, 5.41) is 2.64. The molecule has 0 spiro atoms. The monoisotopic (exact) mass is 248 g/mol. The molecule has 0 aliphatic heterocycles. The molecule has 0 aliphatic carbocycles. The van der Waals surface area contributed by atoms with E-state index in [9.17, 15) is 9.18 Å². The topological polar surface area (TPSA) is 83.8 Å². The summed E-state index contributed by atoms with van der Waals surface area (Å²) in [5.74, 6) is -0.864. The van der Waals surface area contributed by atoms with Crippen LogP contribution in [-0.2, 0) is 6.54 Å². The van der Waals surface area contributed by atoms with Crippen LogP contribution in [0.3, 0.4) is 0 Å². The van der Waals surface area contributed by atoms with Gasteiger partial charge in [-0.15, -0.1) is 0 Å². The van der Waals surface area contributed by atoms with Crippen molar-refractivity contribution in [3.63, 3.8) is 0 Å². The molecule has 94 valence electrons. The third kappa shape index (κ3) is 2.48. The van der Waals surface area contributed by atoms with Crippen LogP contribution in [0, 0.1) is 12.7 Å². The van der Waals surface area contributed by atoms with Gasteiger partial charge in [0.05, 0.1) is 18.6 Å². The molecular formula is C12H13FN4O. The molecule has 0 unspecified atom stereocenters. The van der Waals surface area contributed by atoms with Crippen molar-refractivity contribution in [1.82, 2.24) is 15.3 Å². The molecule has 1 amide bonds. The van der Waals surface area contributed by atoms with Crippen LogP contribution in [0.2, 0.25) is 0 Å². The first-order valence-electron chi connectivity index (χ1n) is 5.39. The summed E-state index contributed by atoms with van der Waals surface area (Å²) in [6.07, 6.45) is 3.12.